The fourth-order valence-electron chi connectivity index (χ4n) is 2.38. The number of hydrogen-bond acceptors (Lipinski definition) is 4. The molecule has 0 saturated carbocycles. The Morgan fingerprint density at radius 1 is 1.38 bits per heavy atom. The highest BCUT2D eigenvalue weighted by atomic mass is 32.2. The van der Waals surface area contributed by atoms with E-state index in [-0.39, 0.29) is 11.3 Å². The molecule has 6 heteroatoms. The molecule has 4 nitrogen and oxygen atoms in total. The van der Waals surface area contributed by atoms with E-state index >= 15 is 0 Å². The smallest absolute Gasteiger partial charge is 0.327 e. The zero-order valence-electron chi connectivity index (χ0n) is 12.1. The van der Waals surface area contributed by atoms with Crippen LogP contribution in [0.3, 0.4) is 0 Å². The second-order valence-corrected chi connectivity index (χ2v) is 6.96. The fourth-order valence-corrected chi connectivity index (χ4v) is 4.30. The Hall–Kier alpha value is -1.14. The van der Waals surface area contributed by atoms with Crippen LogP contribution in [-0.2, 0) is 4.79 Å². The second kappa shape index (κ2) is 7.22. The van der Waals surface area contributed by atoms with Crippen LogP contribution in [0.4, 0.5) is 0 Å². The van der Waals surface area contributed by atoms with Crippen molar-refractivity contribution in [1.82, 2.24) is 4.90 Å². The molecular weight excluding hydrogens is 306 g/mol. The van der Waals surface area contributed by atoms with Gasteiger partial charge in [-0.1, -0.05) is 13.3 Å². The summed E-state index contributed by atoms with van der Waals surface area (Å²) < 4.78 is 0. The molecule has 21 heavy (non-hydrogen) atoms. The fraction of sp³-hybridized carbons (Fsp3) is 0.467. The van der Waals surface area contributed by atoms with E-state index in [1.165, 1.54) is 0 Å². The highest BCUT2D eigenvalue weighted by Gasteiger charge is 2.41. The lowest BCUT2D eigenvalue weighted by Gasteiger charge is -2.27. The van der Waals surface area contributed by atoms with Gasteiger partial charge in [-0.3, -0.25) is 4.79 Å². The molecule has 1 heterocycles. The summed E-state index contributed by atoms with van der Waals surface area (Å²) in [5.74, 6) is -0.636. The van der Waals surface area contributed by atoms with Gasteiger partial charge in [0.25, 0.3) is 5.91 Å². The topological polar surface area (TPSA) is 57.6 Å². The van der Waals surface area contributed by atoms with Gasteiger partial charge in [0.05, 0.1) is 5.37 Å². The van der Waals surface area contributed by atoms with Gasteiger partial charge in [0, 0.05) is 16.2 Å². The summed E-state index contributed by atoms with van der Waals surface area (Å²) in [5.41, 5.74) is 0.558. The van der Waals surface area contributed by atoms with E-state index in [0.717, 1.165) is 17.7 Å². The average Bonchev–Trinajstić information content (AvgIpc) is 2.91. The zero-order chi connectivity index (χ0) is 15.4. The Morgan fingerprint density at radius 2 is 2.05 bits per heavy atom. The SMILES string of the molecule is CCCC1SCC(C(=O)O)N1C(=O)c1ccc(SC)cc1. The standard InChI is InChI=1S/C15H19NO3S2/c1-3-4-13-16(12(9-21-13)15(18)19)14(17)10-5-7-11(20-2)8-6-10/h5-8,12-13H,3-4,9H2,1-2H3,(H,18,19). The van der Waals surface area contributed by atoms with Crippen LogP contribution in [-0.4, -0.2) is 45.3 Å². The van der Waals surface area contributed by atoms with Gasteiger partial charge >= 0.3 is 5.97 Å². The van der Waals surface area contributed by atoms with Crippen molar-refractivity contribution in [1.29, 1.82) is 0 Å². The summed E-state index contributed by atoms with van der Waals surface area (Å²) in [4.78, 5) is 26.7. The second-order valence-electron chi connectivity index (χ2n) is 4.87. The number of nitrogens with zero attached hydrogens (tertiary/aromatic N) is 1. The summed E-state index contributed by atoms with van der Waals surface area (Å²) in [6.45, 7) is 2.05. The van der Waals surface area contributed by atoms with Crippen molar-refractivity contribution in [2.24, 2.45) is 0 Å². The molecule has 1 aliphatic heterocycles. The van der Waals surface area contributed by atoms with Gasteiger partial charge in [0.2, 0.25) is 0 Å². The minimum atomic E-state index is -0.921. The van der Waals surface area contributed by atoms with Gasteiger partial charge in [-0.25, -0.2) is 4.79 Å². The van der Waals surface area contributed by atoms with Crippen molar-refractivity contribution in [2.45, 2.75) is 36.1 Å². The van der Waals surface area contributed by atoms with E-state index < -0.39 is 12.0 Å². The van der Waals surface area contributed by atoms with Crippen molar-refractivity contribution in [3.63, 3.8) is 0 Å². The van der Waals surface area contributed by atoms with Crippen molar-refractivity contribution in [3.05, 3.63) is 29.8 Å². The maximum Gasteiger partial charge on any atom is 0.327 e. The predicted octanol–water partition coefficient (Wildman–Crippen LogP) is 3.18. The molecule has 1 amide bonds. The minimum Gasteiger partial charge on any atom is -0.480 e. The third kappa shape index (κ3) is 3.55. The Kier molecular flexibility index (Phi) is 5.58. The molecule has 2 atom stereocenters. The minimum absolute atomic E-state index is 0.0381. The molecule has 1 aromatic rings. The van der Waals surface area contributed by atoms with Gasteiger partial charge in [-0.2, -0.15) is 0 Å². The number of thioether (sulfide) groups is 2. The summed E-state index contributed by atoms with van der Waals surface area (Å²) in [6, 6.07) is 6.62. The third-order valence-electron chi connectivity index (χ3n) is 3.48. The lowest BCUT2D eigenvalue weighted by molar-refractivity contribution is -0.141. The van der Waals surface area contributed by atoms with Crippen LogP contribution >= 0.6 is 23.5 Å². The molecule has 1 aromatic carbocycles. The lowest BCUT2D eigenvalue weighted by Crippen LogP contribution is -2.45. The number of carboxylic acid groups (broad SMARTS) is 1. The van der Waals surface area contributed by atoms with Crippen LogP contribution in [0, 0.1) is 0 Å². The van der Waals surface area contributed by atoms with Crippen LogP contribution in [0.25, 0.3) is 0 Å². The Morgan fingerprint density at radius 3 is 2.57 bits per heavy atom. The summed E-state index contributed by atoms with van der Waals surface area (Å²) in [5, 5.41) is 9.30. The maximum absolute atomic E-state index is 12.7. The molecule has 114 valence electrons. The number of benzene rings is 1. The molecule has 1 N–H and O–H groups in total. The molecule has 0 aromatic heterocycles. The molecule has 0 spiro atoms. The number of aliphatic carboxylic acids is 1. The van der Waals surface area contributed by atoms with Crippen molar-refractivity contribution >= 4 is 35.4 Å². The molecule has 2 unspecified atom stereocenters. The molecular formula is C15H19NO3S2. The Labute approximate surface area is 133 Å². The molecule has 1 fully saturated rings. The van der Waals surface area contributed by atoms with Gasteiger partial charge < -0.3 is 10.0 Å². The van der Waals surface area contributed by atoms with E-state index in [1.54, 1.807) is 40.6 Å². The molecule has 2 rings (SSSR count). The van der Waals surface area contributed by atoms with Crippen LogP contribution < -0.4 is 0 Å². The quantitative estimate of drug-likeness (QED) is 0.843. The number of carbonyl (C=O) groups is 2. The molecule has 1 saturated heterocycles. The summed E-state index contributed by atoms with van der Waals surface area (Å²) >= 11 is 3.17. The zero-order valence-corrected chi connectivity index (χ0v) is 13.7. The molecule has 1 aliphatic rings. The number of amides is 1. The molecule has 0 radical (unpaired) electrons. The van der Waals surface area contributed by atoms with Crippen LogP contribution in [0.5, 0.6) is 0 Å². The van der Waals surface area contributed by atoms with Gasteiger partial charge in [0.1, 0.15) is 6.04 Å². The van der Waals surface area contributed by atoms with Crippen molar-refractivity contribution < 1.29 is 14.7 Å². The number of carboxylic acids is 1. The average molecular weight is 325 g/mol. The Bertz CT molecular complexity index is 518. The normalized spacial score (nSPS) is 21.5. The van der Waals surface area contributed by atoms with Gasteiger partial charge in [-0.05, 0) is 36.9 Å². The molecule has 0 aliphatic carbocycles. The van der Waals surface area contributed by atoms with E-state index in [9.17, 15) is 14.7 Å². The Balaban J connectivity index is 2.24. The first-order valence-electron chi connectivity index (χ1n) is 6.89. The number of hydrogen-bond donors (Lipinski definition) is 1. The third-order valence-corrected chi connectivity index (χ3v) is 5.58. The first-order valence-corrected chi connectivity index (χ1v) is 9.17. The highest BCUT2D eigenvalue weighted by Crippen LogP contribution is 2.33. The summed E-state index contributed by atoms with van der Waals surface area (Å²) in [7, 11) is 0. The lowest BCUT2D eigenvalue weighted by atomic mass is 10.1. The van der Waals surface area contributed by atoms with Crippen LogP contribution in [0.2, 0.25) is 0 Å². The van der Waals surface area contributed by atoms with Gasteiger partial charge in [-0.15, -0.1) is 23.5 Å². The van der Waals surface area contributed by atoms with Crippen LogP contribution in [0.1, 0.15) is 30.1 Å². The van der Waals surface area contributed by atoms with Crippen molar-refractivity contribution in [2.75, 3.05) is 12.0 Å². The first kappa shape index (κ1) is 16.2. The van der Waals surface area contributed by atoms with E-state index in [2.05, 4.69) is 0 Å². The highest BCUT2D eigenvalue weighted by molar-refractivity contribution is 8.00. The number of carbonyl (C=O) groups excluding carboxylic acids is 1. The molecule has 0 bridgehead atoms. The van der Waals surface area contributed by atoms with E-state index in [4.69, 9.17) is 0 Å². The predicted molar refractivity (Wildman–Crippen MR) is 87.0 cm³/mol. The van der Waals surface area contributed by atoms with Crippen LogP contribution in [0.15, 0.2) is 29.2 Å². The van der Waals surface area contributed by atoms with Gasteiger partial charge in [0.15, 0.2) is 0 Å². The summed E-state index contributed by atoms with van der Waals surface area (Å²) in [6.07, 6.45) is 3.73. The maximum atomic E-state index is 12.7. The van der Waals surface area contributed by atoms with Crippen molar-refractivity contribution in [3.8, 4) is 0 Å². The first-order chi connectivity index (χ1) is 10.1. The monoisotopic (exact) mass is 325 g/mol. The number of rotatable bonds is 5. The van der Waals surface area contributed by atoms with E-state index in [0.29, 0.717) is 11.3 Å². The van der Waals surface area contributed by atoms with E-state index in [1.807, 2.05) is 25.3 Å². The largest absolute Gasteiger partial charge is 0.480 e.